The number of carbonyl (C=O) groups excluding carboxylic acids is 1. The molecule has 0 radical (unpaired) electrons. The molecule has 0 spiro atoms. The Labute approximate surface area is 124 Å². The number of carbonyl (C=O) groups is 1. The van der Waals surface area contributed by atoms with Crippen LogP contribution in [0.2, 0.25) is 0 Å². The second kappa shape index (κ2) is 6.61. The summed E-state index contributed by atoms with van der Waals surface area (Å²) >= 11 is 0. The van der Waals surface area contributed by atoms with Gasteiger partial charge in [-0.2, -0.15) is 0 Å². The molecule has 20 heavy (non-hydrogen) atoms. The average Bonchev–Trinajstić information content (AvgIpc) is 2.32. The molecule has 2 N–H and O–H groups in total. The van der Waals surface area contributed by atoms with Gasteiger partial charge in [0.25, 0.3) is 0 Å². The smallest absolute Gasteiger partial charge is 0.315 e. The summed E-state index contributed by atoms with van der Waals surface area (Å²) in [6.07, 6.45) is 5.09. The minimum Gasteiger partial charge on any atom is -0.338 e. The molecule has 0 unspecified atom stereocenters. The average molecular weight is 281 g/mol. The fraction of sp³-hybridized carbons (Fsp3) is 0.812. The second-order valence-electron chi connectivity index (χ2n) is 7.17. The fourth-order valence-electron chi connectivity index (χ4n) is 3.40. The maximum Gasteiger partial charge on any atom is 0.315 e. The van der Waals surface area contributed by atoms with Crippen LogP contribution in [0.15, 0.2) is 12.7 Å². The summed E-state index contributed by atoms with van der Waals surface area (Å²) < 4.78 is 0. The van der Waals surface area contributed by atoms with Crippen LogP contribution in [-0.4, -0.2) is 42.1 Å². The highest BCUT2D eigenvalue weighted by Crippen LogP contribution is 2.41. The Kier molecular flexibility index (Phi) is 5.63. The standard InChI is InChI=1S/C16H31N3O/c1-7-9-17-14(20)18-10-8-13-11-15(2,3)19(6)16(4,5)12-13/h7,13H,1,8-12H2,2-6H3,(H2,17,18,20). The number of likely N-dealkylation sites (tertiary alicyclic amines) is 1. The quantitative estimate of drug-likeness (QED) is 0.761. The summed E-state index contributed by atoms with van der Waals surface area (Å²) in [5.74, 6) is 0.663. The summed E-state index contributed by atoms with van der Waals surface area (Å²) in [5.41, 5.74) is 0.440. The van der Waals surface area contributed by atoms with E-state index in [4.69, 9.17) is 0 Å². The number of piperidine rings is 1. The number of amides is 2. The topological polar surface area (TPSA) is 44.4 Å². The first-order valence-electron chi connectivity index (χ1n) is 7.55. The monoisotopic (exact) mass is 281 g/mol. The lowest BCUT2D eigenvalue weighted by Gasteiger charge is -2.53. The summed E-state index contributed by atoms with van der Waals surface area (Å²) in [6.45, 7) is 14.1. The Morgan fingerprint density at radius 1 is 1.25 bits per heavy atom. The largest absolute Gasteiger partial charge is 0.338 e. The van der Waals surface area contributed by atoms with E-state index in [1.807, 2.05) is 0 Å². The van der Waals surface area contributed by atoms with E-state index in [2.05, 4.69) is 56.9 Å². The normalized spacial score (nSPS) is 22.2. The molecule has 1 fully saturated rings. The van der Waals surface area contributed by atoms with E-state index in [0.29, 0.717) is 12.5 Å². The van der Waals surface area contributed by atoms with Crippen molar-refractivity contribution in [1.29, 1.82) is 0 Å². The van der Waals surface area contributed by atoms with Crippen molar-refractivity contribution in [2.75, 3.05) is 20.1 Å². The summed E-state index contributed by atoms with van der Waals surface area (Å²) in [6, 6.07) is -0.101. The molecule has 1 aliphatic rings. The molecule has 0 aromatic rings. The second-order valence-corrected chi connectivity index (χ2v) is 7.17. The molecule has 1 saturated heterocycles. The SMILES string of the molecule is C=CCNC(=O)NCCC1CC(C)(C)N(C)C(C)(C)C1. The molecule has 0 atom stereocenters. The Bertz CT molecular complexity index is 332. The zero-order valence-electron chi connectivity index (χ0n) is 13.8. The minimum atomic E-state index is -0.101. The minimum absolute atomic E-state index is 0.101. The van der Waals surface area contributed by atoms with E-state index >= 15 is 0 Å². The van der Waals surface area contributed by atoms with Gasteiger partial charge in [-0.3, -0.25) is 4.90 Å². The van der Waals surface area contributed by atoms with Gasteiger partial charge in [-0.1, -0.05) is 6.08 Å². The van der Waals surface area contributed by atoms with Crippen LogP contribution in [0, 0.1) is 5.92 Å². The van der Waals surface area contributed by atoms with Crippen LogP contribution in [0.25, 0.3) is 0 Å². The van der Waals surface area contributed by atoms with Gasteiger partial charge in [0.05, 0.1) is 0 Å². The van der Waals surface area contributed by atoms with Crippen LogP contribution < -0.4 is 10.6 Å². The fourth-order valence-corrected chi connectivity index (χ4v) is 3.40. The molecule has 4 nitrogen and oxygen atoms in total. The zero-order valence-corrected chi connectivity index (χ0v) is 13.8. The van der Waals surface area contributed by atoms with Gasteiger partial charge in [0.15, 0.2) is 0 Å². The Morgan fingerprint density at radius 2 is 1.80 bits per heavy atom. The number of hydrogen-bond acceptors (Lipinski definition) is 2. The van der Waals surface area contributed by atoms with E-state index in [-0.39, 0.29) is 17.1 Å². The van der Waals surface area contributed by atoms with Crippen LogP contribution in [0.1, 0.15) is 47.0 Å². The first kappa shape index (κ1) is 17.0. The Hall–Kier alpha value is -1.03. The number of urea groups is 1. The van der Waals surface area contributed by atoms with Gasteiger partial charge in [0.1, 0.15) is 0 Å². The third kappa shape index (κ3) is 4.51. The van der Waals surface area contributed by atoms with E-state index in [1.165, 1.54) is 12.8 Å². The molecule has 1 rings (SSSR count). The van der Waals surface area contributed by atoms with Crippen LogP contribution >= 0.6 is 0 Å². The molecule has 0 bridgehead atoms. The number of rotatable bonds is 5. The molecule has 0 aromatic heterocycles. The van der Waals surface area contributed by atoms with Gasteiger partial charge in [0, 0.05) is 24.2 Å². The number of nitrogens with zero attached hydrogens (tertiary/aromatic N) is 1. The van der Waals surface area contributed by atoms with Crippen molar-refractivity contribution >= 4 is 6.03 Å². The van der Waals surface area contributed by atoms with Crippen LogP contribution in [-0.2, 0) is 0 Å². The molecule has 0 aliphatic carbocycles. The van der Waals surface area contributed by atoms with Crippen molar-refractivity contribution in [3.05, 3.63) is 12.7 Å². The lowest BCUT2D eigenvalue weighted by Crippen LogP contribution is -2.58. The van der Waals surface area contributed by atoms with E-state index in [0.717, 1.165) is 13.0 Å². The molecule has 116 valence electrons. The number of hydrogen-bond donors (Lipinski definition) is 2. The first-order chi connectivity index (χ1) is 9.19. The Balaban J connectivity index is 2.41. The van der Waals surface area contributed by atoms with Crippen LogP contribution in [0.3, 0.4) is 0 Å². The highest BCUT2D eigenvalue weighted by molar-refractivity contribution is 5.73. The number of nitrogens with one attached hydrogen (secondary N) is 2. The van der Waals surface area contributed by atoms with E-state index in [9.17, 15) is 4.79 Å². The van der Waals surface area contributed by atoms with Gasteiger partial charge in [-0.15, -0.1) is 6.58 Å². The molecular formula is C16H31N3O. The first-order valence-corrected chi connectivity index (χ1v) is 7.55. The van der Waals surface area contributed by atoms with Crippen molar-refractivity contribution in [3.63, 3.8) is 0 Å². The van der Waals surface area contributed by atoms with Gasteiger partial charge in [-0.25, -0.2) is 4.79 Å². The van der Waals surface area contributed by atoms with Crippen molar-refractivity contribution in [2.45, 2.75) is 58.0 Å². The molecular weight excluding hydrogens is 250 g/mol. The van der Waals surface area contributed by atoms with Gasteiger partial charge < -0.3 is 10.6 Å². The highest BCUT2D eigenvalue weighted by Gasteiger charge is 2.42. The summed E-state index contributed by atoms with van der Waals surface area (Å²) in [4.78, 5) is 14.0. The maximum absolute atomic E-state index is 11.5. The third-order valence-corrected chi connectivity index (χ3v) is 4.64. The van der Waals surface area contributed by atoms with Crippen molar-refractivity contribution in [2.24, 2.45) is 5.92 Å². The van der Waals surface area contributed by atoms with Gasteiger partial charge in [-0.05, 0) is 59.9 Å². The lowest BCUT2D eigenvalue weighted by atomic mass is 9.73. The lowest BCUT2D eigenvalue weighted by molar-refractivity contribution is -0.0313. The predicted octanol–water partition coefficient (Wildman–Crippen LogP) is 2.76. The van der Waals surface area contributed by atoms with E-state index < -0.39 is 0 Å². The molecule has 1 heterocycles. The predicted molar refractivity (Wildman–Crippen MR) is 84.9 cm³/mol. The molecule has 0 aromatic carbocycles. The molecule has 4 heteroatoms. The zero-order chi connectivity index (χ0) is 15.4. The maximum atomic E-state index is 11.5. The summed E-state index contributed by atoms with van der Waals surface area (Å²) in [7, 11) is 2.22. The summed E-state index contributed by atoms with van der Waals surface area (Å²) in [5, 5.41) is 5.65. The highest BCUT2D eigenvalue weighted by atomic mass is 16.2. The van der Waals surface area contributed by atoms with E-state index in [1.54, 1.807) is 6.08 Å². The van der Waals surface area contributed by atoms with Crippen LogP contribution in [0.5, 0.6) is 0 Å². The molecule has 1 aliphatic heterocycles. The van der Waals surface area contributed by atoms with Gasteiger partial charge >= 0.3 is 6.03 Å². The van der Waals surface area contributed by atoms with Crippen molar-refractivity contribution < 1.29 is 4.79 Å². The third-order valence-electron chi connectivity index (χ3n) is 4.64. The molecule has 0 saturated carbocycles. The Morgan fingerprint density at radius 3 is 2.30 bits per heavy atom. The van der Waals surface area contributed by atoms with Gasteiger partial charge in [0.2, 0.25) is 0 Å². The van der Waals surface area contributed by atoms with Crippen molar-refractivity contribution in [3.8, 4) is 0 Å². The van der Waals surface area contributed by atoms with Crippen LogP contribution in [0.4, 0.5) is 4.79 Å². The van der Waals surface area contributed by atoms with Crippen molar-refractivity contribution in [1.82, 2.24) is 15.5 Å². The molecule has 2 amide bonds.